The van der Waals surface area contributed by atoms with Gasteiger partial charge in [0.2, 0.25) is 0 Å². The van der Waals surface area contributed by atoms with Crippen LogP contribution in [0.4, 0.5) is 24.5 Å². The van der Waals surface area contributed by atoms with E-state index in [9.17, 15) is 42.4 Å². The summed E-state index contributed by atoms with van der Waals surface area (Å²) in [7, 11) is -3.76. The molecule has 0 aliphatic carbocycles. The minimum atomic E-state index is -5.30. The zero-order valence-electron chi connectivity index (χ0n) is 10.6. The highest BCUT2D eigenvalue weighted by Gasteiger charge is 2.41. The molecule has 1 aromatic rings. The molecular formula is C9H5F3N2O8S. The summed E-state index contributed by atoms with van der Waals surface area (Å²) in [6, 6.07) is 0.349. The van der Waals surface area contributed by atoms with Crippen molar-refractivity contribution in [3.63, 3.8) is 0 Å². The molecule has 1 N–H and O–H groups in total. The van der Waals surface area contributed by atoms with Crippen LogP contribution >= 0.6 is 0 Å². The van der Waals surface area contributed by atoms with Gasteiger partial charge in [-0.15, -0.1) is 0 Å². The van der Waals surface area contributed by atoms with Crippen molar-refractivity contribution in [1.29, 1.82) is 0 Å². The average Bonchev–Trinajstić information content (AvgIpc) is 2.41. The smallest absolute Gasteiger partial charge is 0.475 e. The molecule has 0 fully saturated rings. The molecular weight excluding hydrogens is 353 g/mol. The Morgan fingerprint density at radius 1 is 1.22 bits per heavy atom. The van der Waals surface area contributed by atoms with E-state index in [1.807, 2.05) is 0 Å². The summed E-state index contributed by atoms with van der Waals surface area (Å²) in [5.41, 5.74) is -7.92. The van der Waals surface area contributed by atoms with E-state index in [-0.39, 0.29) is 12.1 Å². The first-order valence-corrected chi connectivity index (χ1v) is 6.40. The number of hydrogen-bond acceptors (Lipinski definition) is 7. The summed E-state index contributed by atoms with van der Waals surface area (Å²) >= 11 is 0. The third kappa shape index (κ3) is 4.35. The predicted octanol–water partition coefficient (Wildman–Crippen LogP) is 1.59. The standard InChI is InChI=1S/C9H5F3N2O8S/c10-9(11,12)23(21)4-1-5(13(17)18)8(22-3-7(15)16)6(2-4)14(19)20/h1-2H,3H2,(H,15,16). The molecule has 10 nitrogen and oxygen atoms in total. The number of nitro groups is 2. The minimum absolute atomic E-state index is 0.174. The predicted molar refractivity (Wildman–Crippen MR) is 65.3 cm³/mol. The number of halogens is 3. The molecule has 0 saturated carbocycles. The van der Waals surface area contributed by atoms with Crippen LogP contribution in [0.1, 0.15) is 0 Å². The number of ether oxygens (including phenoxy) is 1. The van der Waals surface area contributed by atoms with Crippen molar-refractivity contribution >= 4 is 28.1 Å². The molecule has 0 bridgehead atoms. The van der Waals surface area contributed by atoms with Crippen LogP contribution in [0.5, 0.6) is 5.75 Å². The molecule has 23 heavy (non-hydrogen) atoms. The minimum Gasteiger partial charge on any atom is -0.479 e. The van der Waals surface area contributed by atoms with Crippen molar-refractivity contribution in [3.05, 3.63) is 32.4 Å². The third-order valence-corrected chi connectivity index (χ3v) is 3.27. The summed E-state index contributed by atoms with van der Waals surface area (Å²) in [6.45, 7) is -1.20. The number of rotatable bonds is 6. The number of nitro benzene ring substituents is 2. The van der Waals surface area contributed by atoms with Crippen molar-refractivity contribution in [2.24, 2.45) is 0 Å². The lowest BCUT2D eigenvalue weighted by molar-refractivity contribution is -0.396. The number of benzene rings is 1. The van der Waals surface area contributed by atoms with Crippen molar-refractivity contribution in [1.82, 2.24) is 0 Å². The van der Waals surface area contributed by atoms with Gasteiger partial charge in [-0.05, 0) is 0 Å². The Hall–Kier alpha value is -2.77. The molecule has 126 valence electrons. The Morgan fingerprint density at radius 2 is 1.65 bits per heavy atom. The molecule has 1 aromatic carbocycles. The molecule has 0 amide bonds. The molecule has 1 unspecified atom stereocenters. The van der Waals surface area contributed by atoms with E-state index in [2.05, 4.69) is 4.74 Å². The highest BCUT2D eigenvalue weighted by Crippen LogP contribution is 2.40. The Bertz CT molecular complexity index is 670. The van der Waals surface area contributed by atoms with Crippen LogP contribution in [-0.4, -0.2) is 37.2 Å². The first-order chi connectivity index (χ1) is 10.4. The van der Waals surface area contributed by atoms with Gasteiger partial charge < -0.3 is 9.84 Å². The average molecular weight is 358 g/mol. The second kappa shape index (κ2) is 6.55. The van der Waals surface area contributed by atoms with Crippen molar-refractivity contribution in [2.45, 2.75) is 10.4 Å². The molecule has 1 rings (SSSR count). The van der Waals surface area contributed by atoms with E-state index >= 15 is 0 Å². The zero-order chi connectivity index (χ0) is 17.9. The number of carbonyl (C=O) groups is 1. The second-order valence-corrected chi connectivity index (χ2v) is 5.17. The van der Waals surface area contributed by atoms with Gasteiger partial charge in [-0.1, -0.05) is 0 Å². The van der Waals surface area contributed by atoms with E-state index in [1.54, 1.807) is 0 Å². The Balaban J connectivity index is 3.58. The van der Waals surface area contributed by atoms with Crippen molar-refractivity contribution in [3.8, 4) is 5.75 Å². The molecule has 0 aliphatic heterocycles. The van der Waals surface area contributed by atoms with E-state index in [0.717, 1.165) is 0 Å². The number of alkyl halides is 3. The summed E-state index contributed by atoms with van der Waals surface area (Å²) in [5, 5.41) is 30.1. The molecule has 0 radical (unpaired) electrons. The van der Waals surface area contributed by atoms with Crippen LogP contribution in [0, 0.1) is 20.2 Å². The van der Waals surface area contributed by atoms with Crippen LogP contribution in [0.15, 0.2) is 17.0 Å². The fourth-order valence-electron chi connectivity index (χ4n) is 1.37. The Labute approximate surface area is 126 Å². The van der Waals surface area contributed by atoms with Gasteiger partial charge in [0.05, 0.1) is 14.7 Å². The lowest BCUT2D eigenvalue weighted by atomic mass is 10.2. The molecule has 0 aromatic heterocycles. The summed E-state index contributed by atoms with van der Waals surface area (Å²) < 4.78 is 52.8. The van der Waals surface area contributed by atoms with Gasteiger partial charge >= 0.3 is 22.9 Å². The van der Waals surface area contributed by atoms with Gasteiger partial charge in [0, 0.05) is 12.1 Å². The van der Waals surface area contributed by atoms with Gasteiger partial charge in [0.1, 0.15) is 0 Å². The van der Waals surface area contributed by atoms with Crippen molar-refractivity contribution < 1.29 is 41.9 Å². The van der Waals surface area contributed by atoms with Crippen LogP contribution in [-0.2, 0) is 15.6 Å². The number of carboxylic acids is 1. The normalized spacial score (nSPS) is 12.5. The van der Waals surface area contributed by atoms with E-state index in [0.29, 0.717) is 0 Å². The van der Waals surface area contributed by atoms with Gasteiger partial charge in [0.25, 0.3) is 5.75 Å². The number of aliphatic carboxylic acids is 1. The summed E-state index contributed by atoms with van der Waals surface area (Å²) in [4.78, 5) is 28.2. The van der Waals surface area contributed by atoms with Crippen molar-refractivity contribution in [2.75, 3.05) is 6.61 Å². The highest BCUT2D eigenvalue weighted by atomic mass is 32.2. The second-order valence-electron chi connectivity index (χ2n) is 3.70. The number of hydrogen-bond donors (Lipinski definition) is 1. The third-order valence-electron chi connectivity index (χ3n) is 2.18. The lowest BCUT2D eigenvalue weighted by Crippen LogP contribution is -2.17. The molecule has 0 aliphatic rings. The molecule has 0 spiro atoms. The molecule has 1 atom stereocenters. The van der Waals surface area contributed by atoms with Crippen LogP contribution in [0.2, 0.25) is 0 Å². The first-order valence-electron chi connectivity index (χ1n) is 5.25. The largest absolute Gasteiger partial charge is 0.479 e. The van der Waals surface area contributed by atoms with E-state index < -0.39 is 60.8 Å². The Kier molecular flexibility index (Phi) is 5.21. The fourth-order valence-corrected chi connectivity index (χ4v) is 2.07. The van der Waals surface area contributed by atoms with E-state index in [1.165, 1.54) is 0 Å². The van der Waals surface area contributed by atoms with Crippen LogP contribution in [0.25, 0.3) is 0 Å². The maximum atomic E-state index is 12.4. The molecule has 0 heterocycles. The highest BCUT2D eigenvalue weighted by molar-refractivity contribution is 7.86. The van der Waals surface area contributed by atoms with Gasteiger partial charge in [-0.3, -0.25) is 20.2 Å². The van der Waals surface area contributed by atoms with Crippen LogP contribution in [0.3, 0.4) is 0 Å². The maximum Gasteiger partial charge on any atom is 0.475 e. The quantitative estimate of drug-likeness (QED) is 0.595. The first kappa shape index (κ1) is 18.3. The number of carboxylic acid groups (broad SMARTS) is 1. The zero-order valence-corrected chi connectivity index (χ0v) is 11.4. The summed E-state index contributed by atoms with van der Waals surface area (Å²) in [6.07, 6.45) is 0. The molecule has 0 saturated heterocycles. The lowest BCUT2D eigenvalue weighted by Gasteiger charge is -2.09. The monoisotopic (exact) mass is 358 g/mol. The van der Waals surface area contributed by atoms with Crippen LogP contribution < -0.4 is 4.74 Å². The SMILES string of the molecule is O=C(O)COc1c([N+](=O)[O-])cc(S(=O)C(F)(F)F)cc1[N+](=O)[O-]. The van der Waals surface area contributed by atoms with Gasteiger partial charge in [-0.25, -0.2) is 9.00 Å². The van der Waals surface area contributed by atoms with E-state index in [4.69, 9.17) is 5.11 Å². The summed E-state index contributed by atoms with van der Waals surface area (Å²) in [5.74, 6) is -2.78. The molecule has 14 heteroatoms. The van der Waals surface area contributed by atoms with Gasteiger partial charge in [-0.2, -0.15) is 13.2 Å². The number of nitrogens with zero attached hydrogens (tertiary/aromatic N) is 2. The topological polar surface area (TPSA) is 150 Å². The fraction of sp³-hybridized carbons (Fsp3) is 0.222. The Morgan fingerprint density at radius 3 is 1.96 bits per heavy atom. The maximum absolute atomic E-state index is 12.4. The van der Waals surface area contributed by atoms with Gasteiger partial charge in [0.15, 0.2) is 17.4 Å².